The molecule has 1 aliphatic heterocycles. The van der Waals surface area contributed by atoms with Crippen LogP contribution in [0.3, 0.4) is 0 Å². The minimum absolute atomic E-state index is 0.133. The molecule has 1 atom stereocenters. The normalized spacial score (nSPS) is 15.3. The predicted octanol–water partition coefficient (Wildman–Crippen LogP) is 3.17. The third kappa shape index (κ3) is 6.18. The largest absolute Gasteiger partial charge is 0.496 e. The number of carbonyl (C=O) groups is 2. The van der Waals surface area contributed by atoms with E-state index in [-0.39, 0.29) is 30.3 Å². The Morgan fingerprint density at radius 3 is 2.42 bits per heavy atom. The number of methoxy groups -OCH3 is 1. The van der Waals surface area contributed by atoms with E-state index in [1.165, 1.54) is 24.3 Å². The van der Waals surface area contributed by atoms with Crippen LogP contribution in [0.1, 0.15) is 24.1 Å². The van der Waals surface area contributed by atoms with E-state index in [2.05, 4.69) is 10.6 Å². The van der Waals surface area contributed by atoms with Crippen molar-refractivity contribution < 1.29 is 18.7 Å². The van der Waals surface area contributed by atoms with Gasteiger partial charge < -0.3 is 20.3 Å². The van der Waals surface area contributed by atoms with Crippen LogP contribution in [-0.4, -0.2) is 61.6 Å². The number of anilines is 1. The molecule has 1 heterocycles. The summed E-state index contributed by atoms with van der Waals surface area (Å²) in [7, 11) is 1.62. The fraction of sp³-hybridized carbons (Fsp3) is 0.391. The Kier molecular flexibility index (Phi) is 7.46. The van der Waals surface area contributed by atoms with E-state index in [0.717, 1.165) is 16.9 Å². The van der Waals surface area contributed by atoms with Crippen molar-refractivity contribution in [1.82, 2.24) is 15.1 Å². The SMILES string of the molecule is COc1ccc(C)cc1C(C)NC(=O)N1CCN(CC(=O)Nc2ccc(F)cc2)CC1. The van der Waals surface area contributed by atoms with Gasteiger partial charge in [0.15, 0.2) is 0 Å². The van der Waals surface area contributed by atoms with Crippen LogP contribution in [0.15, 0.2) is 42.5 Å². The summed E-state index contributed by atoms with van der Waals surface area (Å²) in [6.07, 6.45) is 0. The molecule has 1 fully saturated rings. The van der Waals surface area contributed by atoms with Gasteiger partial charge in [-0.25, -0.2) is 9.18 Å². The summed E-state index contributed by atoms with van der Waals surface area (Å²) in [4.78, 5) is 28.7. The lowest BCUT2D eigenvalue weighted by Crippen LogP contribution is -2.53. The third-order valence-electron chi connectivity index (χ3n) is 5.35. The van der Waals surface area contributed by atoms with Crippen molar-refractivity contribution in [2.24, 2.45) is 0 Å². The molecule has 0 aliphatic carbocycles. The Morgan fingerprint density at radius 1 is 1.10 bits per heavy atom. The molecule has 2 N–H and O–H groups in total. The topological polar surface area (TPSA) is 73.9 Å². The lowest BCUT2D eigenvalue weighted by atomic mass is 10.0. The number of rotatable bonds is 6. The van der Waals surface area contributed by atoms with E-state index in [4.69, 9.17) is 4.74 Å². The summed E-state index contributed by atoms with van der Waals surface area (Å²) >= 11 is 0. The lowest BCUT2D eigenvalue weighted by molar-refractivity contribution is -0.117. The molecule has 0 spiro atoms. The number of halogens is 1. The van der Waals surface area contributed by atoms with Crippen LogP contribution < -0.4 is 15.4 Å². The zero-order valence-electron chi connectivity index (χ0n) is 18.2. The van der Waals surface area contributed by atoms with Gasteiger partial charge in [0.1, 0.15) is 11.6 Å². The van der Waals surface area contributed by atoms with E-state index >= 15 is 0 Å². The molecule has 7 nitrogen and oxygen atoms in total. The van der Waals surface area contributed by atoms with Gasteiger partial charge in [-0.05, 0) is 44.2 Å². The van der Waals surface area contributed by atoms with Crippen molar-refractivity contribution in [3.05, 3.63) is 59.4 Å². The number of aryl methyl sites for hydroxylation is 1. The van der Waals surface area contributed by atoms with Crippen molar-refractivity contribution >= 4 is 17.6 Å². The van der Waals surface area contributed by atoms with Gasteiger partial charge in [0.05, 0.1) is 19.7 Å². The van der Waals surface area contributed by atoms with Crippen LogP contribution in [0.4, 0.5) is 14.9 Å². The molecular weight excluding hydrogens is 399 g/mol. The van der Waals surface area contributed by atoms with Crippen molar-refractivity contribution in [3.63, 3.8) is 0 Å². The number of ether oxygens (including phenoxy) is 1. The molecule has 0 radical (unpaired) electrons. The van der Waals surface area contributed by atoms with Crippen molar-refractivity contribution in [3.8, 4) is 5.75 Å². The van der Waals surface area contributed by atoms with E-state index in [1.54, 1.807) is 12.0 Å². The van der Waals surface area contributed by atoms with Gasteiger partial charge in [0.25, 0.3) is 0 Å². The van der Waals surface area contributed by atoms with Crippen LogP contribution in [0.5, 0.6) is 5.75 Å². The number of nitrogens with zero attached hydrogens (tertiary/aromatic N) is 2. The summed E-state index contributed by atoms with van der Waals surface area (Å²) in [5.41, 5.74) is 2.60. The zero-order chi connectivity index (χ0) is 22.4. The third-order valence-corrected chi connectivity index (χ3v) is 5.35. The van der Waals surface area contributed by atoms with E-state index in [9.17, 15) is 14.0 Å². The number of hydrogen-bond acceptors (Lipinski definition) is 4. The Balaban J connectivity index is 1.46. The summed E-state index contributed by atoms with van der Waals surface area (Å²) in [6.45, 7) is 6.44. The molecule has 2 aromatic carbocycles. The maximum atomic E-state index is 13.0. The highest BCUT2D eigenvalue weighted by atomic mass is 19.1. The molecule has 1 aliphatic rings. The number of urea groups is 1. The first-order valence-electron chi connectivity index (χ1n) is 10.3. The van der Waals surface area contributed by atoms with E-state index in [1.807, 2.05) is 36.9 Å². The van der Waals surface area contributed by atoms with Gasteiger partial charge in [-0.3, -0.25) is 9.69 Å². The number of piperazine rings is 1. The summed E-state index contributed by atoms with van der Waals surface area (Å²) in [5, 5.41) is 5.80. The number of carbonyl (C=O) groups excluding carboxylic acids is 2. The number of hydrogen-bond donors (Lipinski definition) is 2. The summed E-state index contributed by atoms with van der Waals surface area (Å²) in [6, 6.07) is 11.2. The summed E-state index contributed by atoms with van der Waals surface area (Å²) < 4.78 is 18.4. The van der Waals surface area contributed by atoms with Crippen LogP contribution in [0, 0.1) is 12.7 Å². The number of amides is 3. The minimum Gasteiger partial charge on any atom is -0.496 e. The molecule has 1 saturated heterocycles. The quantitative estimate of drug-likeness (QED) is 0.741. The van der Waals surface area contributed by atoms with E-state index < -0.39 is 0 Å². The van der Waals surface area contributed by atoms with Crippen LogP contribution in [-0.2, 0) is 4.79 Å². The van der Waals surface area contributed by atoms with Gasteiger partial charge >= 0.3 is 6.03 Å². The van der Waals surface area contributed by atoms with Crippen LogP contribution in [0.2, 0.25) is 0 Å². The molecule has 0 bridgehead atoms. The highest BCUT2D eigenvalue weighted by Gasteiger charge is 2.24. The van der Waals surface area contributed by atoms with Gasteiger partial charge in [0, 0.05) is 37.4 Å². The Labute approximate surface area is 182 Å². The molecule has 3 amide bonds. The zero-order valence-corrected chi connectivity index (χ0v) is 18.2. The van der Waals surface area contributed by atoms with Crippen molar-refractivity contribution in [2.75, 3.05) is 45.2 Å². The smallest absolute Gasteiger partial charge is 0.317 e. The molecular formula is C23H29FN4O3. The van der Waals surface area contributed by atoms with Crippen LogP contribution >= 0.6 is 0 Å². The fourth-order valence-corrected chi connectivity index (χ4v) is 3.59. The highest BCUT2D eigenvalue weighted by Crippen LogP contribution is 2.26. The fourth-order valence-electron chi connectivity index (χ4n) is 3.59. The van der Waals surface area contributed by atoms with Gasteiger partial charge in [0.2, 0.25) is 5.91 Å². The maximum Gasteiger partial charge on any atom is 0.317 e. The molecule has 0 saturated carbocycles. The molecule has 31 heavy (non-hydrogen) atoms. The summed E-state index contributed by atoms with van der Waals surface area (Å²) in [5.74, 6) is 0.239. The van der Waals surface area contributed by atoms with Crippen molar-refractivity contribution in [1.29, 1.82) is 0 Å². The average Bonchev–Trinajstić information content (AvgIpc) is 2.75. The van der Waals surface area contributed by atoms with Gasteiger partial charge in [-0.15, -0.1) is 0 Å². The highest BCUT2D eigenvalue weighted by molar-refractivity contribution is 5.92. The maximum absolute atomic E-state index is 13.0. The van der Waals surface area contributed by atoms with Gasteiger partial charge in [-0.2, -0.15) is 0 Å². The molecule has 3 rings (SSSR count). The monoisotopic (exact) mass is 428 g/mol. The molecule has 166 valence electrons. The Bertz CT molecular complexity index is 912. The predicted molar refractivity (Wildman–Crippen MR) is 118 cm³/mol. The number of nitrogens with one attached hydrogen (secondary N) is 2. The number of benzene rings is 2. The molecule has 0 aromatic heterocycles. The lowest BCUT2D eigenvalue weighted by Gasteiger charge is -2.35. The molecule has 1 unspecified atom stereocenters. The Hall–Kier alpha value is -3.13. The first-order chi connectivity index (χ1) is 14.9. The average molecular weight is 429 g/mol. The second-order valence-electron chi connectivity index (χ2n) is 7.73. The van der Waals surface area contributed by atoms with Gasteiger partial charge in [-0.1, -0.05) is 17.7 Å². The van der Waals surface area contributed by atoms with E-state index in [0.29, 0.717) is 31.9 Å². The Morgan fingerprint density at radius 2 is 1.77 bits per heavy atom. The van der Waals surface area contributed by atoms with Crippen molar-refractivity contribution in [2.45, 2.75) is 19.9 Å². The van der Waals surface area contributed by atoms with Crippen LogP contribution in [0.25, 0.3) is 0 Å². The molecule has 2 aromatic rings. The minimum atomic E-state index is -0.345. The first-order valence-corrected chi connectivity index (χ1v) is 10.3. The standard InChI is InChI=1S/C23H29FN4O3/c1-16-4-9-21(31-3)20(14-16)17(2)25-23(30)28-12-10-27(11-13-28)15-22(29)26-19-7-5-18(24)6-8-19/h4-9,14,17H,10-13,15H2,1-3H3,(H,25,30)(H,26,29). The second-order valence-corrected chi connectivity index (χ2v) is 7.73. The molecule has 8 heteroatoms. The first kappa shape index (κ1) is 22.6. The second kappa shape index (κ2) is 10.3.